The van der Waals surface area contributed by atoms with Crippen LogP contribution in [0.4, 0.5) is 0 Å². The second-order valence-corrected chi connectivity index (χ2v) is 6.91. The summed E-state index contributed by atoms with van der Waals surface area (Å²) in [6.45, 7) is 4.95. The summed E-state index contributed by atoms with van der Waals surface area (Å²) >= 11 is 0. The predicted molar refractivity (Wildman–Crippen MR) is 73.4 cm³/mol. The monoisotopic (exact) mass is 292 g/mol. The van der Waals surface area contributed by atoms with Crippen LogP contribution in [0.1, 0.15) is 51.8 Å². The summed E-state index contributed by atoms with van der Waals surface area (Å²) in [6, 6.07) is 0. The molecule has 0 fully saturated rings. The molecule has 0 aliphatic carbocycles. The third-order valence-corrected chi connectivity index (χ3v) is 4.08. The third-order valence-electron chi connectivity index (χ3n) is 2.91. The summed E-state index contributed by atoms with van der Waals surface area (Å²) in [5.74, 6) is 0.782. The van der Waals surface area contributed by atoms with Gasteiger partial charge in [-0.2, -0.15) is 0 Å². The topological polar surface area (TPSA) is 52.0 Å². The fourth-order valence-corrected chi connectivity index (χ4v) is 2.60. The molecule has 1 heterocycles. The van der Waals surface area contributed by atoms with Crippen molar-refractivity contribution in [3.05, 3.63) is 12.0 Å². The molecule has 6 heteroatoms. The highest BCUT2D eigenvalue weighted by atomic mass is 35.7. The van der Waals surface area contributed by atoms with Crippen molar-refractivity contribution in [3.63, 3.8) is 0 Å². The molecule has 1 aromatic rings. The normalized spacial score (nSPS) is 11.9. The van der Waals surface area contributed by atoms with Gasteiger partial charge in [0.25, 0.3) is 9.05 Å². The Hall–Kier alpha value is -0.550. The largest absolute Gasteiger partial charge is 0.334 e. The van der Waals surface area contributed by atoms with Crippen LogP contribution in [0.5, 0.6) is 0 Å². The number of hydrogen-bond acceptors (Lipinski definition) is 3. The molecular weight excluding hydrogens is 272 g/mol. The van der Waals surface area contributed by atoms with Crippen LogP contribution in [0, 0.1) is 0 Å². The Morgan fingerprint density at radius 1 is 1.22 bits per heavy atom. The molecule has 0 atom stereocenters. The van der Waals surface area contributed by atoms with Crippen LogP contribution in [-0.2, 0) is 22.0 Å². The van der Waals surface area contributed by atoms with Crippen molar-refractivity contribution in [3.8, 4) is 0 Å². The van der Waals surface area contributed by atoms with E-state index in [9.17, 15) is 8.42 Å². The third kappa shape index (κ3) is 4.61. The lowest BCUT2D eigenvalue weighted by Crippen LogP contribution is -2.01. The van der Waals surface area contributed by atoms with Gasteiger partial charge in [0.05, 0.1) is 0 Å². The molecule has 18 heavy (non-hydrogen) atoms. The minimum absolute atomic E-state index is 0.0328. The van der Waals surface area contributed by atoms with Gasteiger partial charge in [-0.1, -0.05) is 39.5 Å². The number of unbranched alkanes of at least 4 members (excludes halogenated alkanes) is 4. The number of hydrogen-bond donors (Lipinski definition) is 0. The van der Waals surface area contributed by atoms with E-state index in [4.69, 9.17) is 10.7 Å². The summed E-state index contributed by atoms with van der Waals surface area (Å²) < 4.78 is 24.3. The molecule has 0 aliphatic heterocycles. The number of rotatable bonds is 8. The van der Waals surface area contributed by atoms with E-state index in [-0.39, 0.29) is 5.03 Å². The fraction of sp³-hybridized carbons (Fsp3) is 0.750. The SMILES string of the molecule is CCCCCCCn1cc(S(=O)(=O)Cl)nc1CC. The number of nitrogens with zero attached hydrogens (tertiary/aromatic N) is 2. The van der Waals surface area contributed by atoms with Gasteiger partial charge in [0, 0.05) is 29.8 Å². The summed E-state index contributed by atoms with van der Waals surface area (Å²) in [5, 5.41) is -0.0328. The van der Waals surface area contributed by atoms with E-state index in [2.05, 4.69) is 11.9 Å². The molecule has 104 valence electrons. The molecule has 1 rings (SSSR count). The molecule has 0 amide bonds. The van der Waals surface area contributed by atoms with Gasteiger partial charge in [-0.25, -0.2) is 13.4 Å². The number of aryl methyl sites for hydroxylation is 2. The van der Waals surface area contributed by atoms with Crippen molar-refractivity contribution in [2.75, 3.05) is 0 Å². The fourth-order valence-electron chi connectivity index (χ4n) is 1.91. The smallest absolute Gasteiger partial charge is 0.280 e. The second kappa shape index (κ2) is 7.14. The molecule has 0 saturated carbocycles. The van der Waals surface area contributed by atoms with Crippen LogP contribution in [0.2, 0.25) is 0 Å². The Bertz CT molecular complexity index is 468. The molecule has 0 N–H and O–H groups in total. The summed E-state index contributed by atoms with van der Waals surface area (Å²) in [4.78, 5) is 4.06. The zero-order chi connectivity index (χ0) is 13.6. The van der Waals surface area contributed by atoms with E-state index in [1.54, 1.807) is 6.20 Å². The predicted octanol–water partition coefficient (Wildman–Crippen LogP) is 3.34. The van der Waals surface area contributed by atoms with Crippen molar-refractivity contribution in [1.29, 1.82) is 0 Å². The summed E-state index contributed by atoms with van der Waals surface area (Å²) in [5.41, 5.74) is 0. The minimum atomic E-state index is -3.71. The molecule has 0 unspecified atom stereocenters. The number of imidazole rings is 1. The van der Waals surface area contributed by atoms with Gasteiger partial charge < -0.3 is 4.57 Å². The molecule has 4 nitrogen and oxygen atoms in total. The lowest BCUT2D eigenvalue weighted by Gasteiger charge is -2.05. The van der Waals surface area contributed by atoms with Gasteiger partial charge in [-0.05, 0) is 6.42 Å². The maximum absolute atomic E-state index is 11.2. The van der Waals surface area contributed by atoms with Gasteiger partial charge in [0.2, 0.25) is 0 Å². The first-order valence-corrected chi connectivity index (χ1v) is 8.80. The average molecular weight is 293 g/mol. The Balaban J connectivity index is 2.62. The van der Waals surface area contributed by atoms with E-state index in [1.807, 2.05) is 11.5 Å². The Morgan fingerprint density at radius 2 is 1.89 bits per heavy atom. The molecule has 1 aromatic heterocycles. The average Bonchev–Trinajstić information content (AvgIpc) is 2.72. The summed E-state index contributed by atoms with van der Waals surface area (Å²) in [7, 11) is 1.59. The molecule has 0 aromatic carbocycles. The van der Waals surface area contributed by atoms with Gasteiger partial charge in [0.15, 0.2) is 5.03 Å². The van der Waals surface area contributed by atoms with Crippen LogP contribution in [-0.4, -0.2) is 18.0 Å². The minimum Gasteiger partial charge on any atom is -0.334 e. The van der Waals surface area contributed by atoms with Crippen LogP contribution in [0.15, 0.2) is 11.2 Å². The van der Waals surface area contributed by atoms with Crippen LogP contribution in [0.3, 0.4) is 0 Å². The zero-order valence-corrected chi connectivity index (χ0v) is 12.6. The number of aromatic nitrogens is 2. The quantitative estimate of drug-likeness (QED) is 0.545. The first-order valence-electron chi connectivity index (χ1n) is 6.49. The van der Waals surface area contributed by atoms with E-state index >= 15 is 0 Å². The van der Waals surface area contributed by atoms with Crippen molar-refractivity contribution < 1.29 is 8.42 Å². The Kier molecular flexibility index (Phi) is 6.15. The molecule has 0 spiro atoms. The van der Waals surface area contributed by atoms with Crippen LogP contribution < -0.4 is 0 Å². The Morgan fingerprint density at radius 3 is 2.44 bits per heavy atom. The molecule has 0 bridgehead atoms. The maximum atomic E-state index is 11.2. The van der Waals surface area contributed by atoms with Crippen molar-refractivity contribution in [2.45, 2.75) is 63.9 Å². The van der Waals surface area contributed by atoms with Crippen molar-refractivity contribution in [2.24, 2.45) is 0 Å². The summed E-state index contributed by atoms with van der Waals surface area (Å²) in [6.07, 6.45) is 8.17. The van der Waals surface area contributed by atoms with E-state index < -0.39 is 9.05 Å². The van der Waals surface area contributed by atoms with Gasteiger partial charge in [-0.15, -0.1) is 0 Å². The van der Waals surface area contributed by atoms with E-state index in [1.165, 1.54) is 19.3 Å². The first-order chi connectivity index (χ1) is 8.49. The highest BCUT2D eigenvalue weighted by Gasteiger charge is 2.16. The number of halogens is 1. The molecule has 0 aliphatic rings. The molecule has 0 saturated heterocycles. The Labute approximate surface area is 114 Å². The zero-order valence-electron chi connectivity index (χ0n) is 11.0. The first kappa shape index (κ1) is 15.5. The standard InChI is InChI=1S/C12H21ClN2O2S/c1-3-5-6-7-8-9-15-10-12(18(13,16)17)14-11(15)4-2/h10H,3-9H2,1-2H3. The lowest BCUT2D eigenvalue weighted by molar-refractivity contribution is 0.555. The highest BCUT2D eigenvalue weighted by molar-refractivity contribution is 8.13. The van der Waals surface area contributed by atoms with Gasteiger partial charge in [-0.3, -0.25) is 0 Å². The highest BCUT2D eigenvalue weighted by Crippen LogP contribution is 2.16. The van der Waals surface area contributed by atoms with Crippen molar-refractivity contribution >= 4 is 19.7 Å². The van der Waals surface area contributed by atoms with E-state index in [0.29, 0.717) is 6.42 Å². The maximum Gasteiger partial charge on any atom is 0.280 e. The van der Waals surface area contributed by atoms with Crippen LogP contribution >= 0.6 is 10.7 Å². The second-order valence-electron chi connectivity index (χ2n) is 4.39. The lowest BCUT2D eigenvalue weighted by atomic mass is 10.1. The van der Waals surface area contributed by atoms with Crippen LogP contribution in [0.25, 0.3) is 0 Å². The van der Waals surface area contributed by atoms with E-state index in [0.717, 1.165) is 25.2 Å². The van der Waals surface area contributed by atoms with Gasteiger partial charge in [0.1, 0.15) is 5.82 Å². The van der Waals surface area contributed by atoms with Gasteiger partial charge >= 0.3 is 0 Å². The molecular formula is C12H21ClN2O2S. The molecule has 0 radical (unpaired) electrons. The van der Waals surface area contributed by atoms with Crippen molar-refractivity contribution in [1.82, 2.24) is 9.55 Å².